The number of hydrogen-bond donors (Lipinski definition) is 4. The summed E-state index contributed by atoms with van der Waals surface area (Å²) in [5.41, 5.74) is 18.0. The second kappa shape index (κ2) is 13.0. The number of ether oxygens (including phenoxy) is 2. The molecule has 0 atom stereocenters. The van der Waals surface area contributed by atoms with Crippen molar-refractivity contribution in [3.63, 3.8) is 0 Å². The van der Waals surface area contributed by atoms with Gasteiger partial charge in [-0.1, -0.05) is 0 Å². The molecule has 12 heteroatoms. The number of aromatic amines is 2. The smallest absolute Gasteiger partial charge is 0.127 e. The molecule has 42 heavy (non-hydrogen) atoms. The van der Waals surface area contributed by atoms with Gasteiger partial charge in [-0.15, -0.1) is 0 Å². The van der Waals surface area contributed by atoms with Crippen molar-refractivity contribution in [1.82, 2.24) is 30.2 Å². The van der Waals surface area contributed by atoms with Crippen LogP contribution in [0.3, 0.4) is 0 Å². The maximum Gasteiger partial charge on any atom is 0.127 e. The number of aromatic nitrogens is 4. The van der Waals surface area contributed by atoms with Crippen molar-refractivity contribution in [2.24, 2.45) is 0 Å². The van der Waals surface area contributed by atoms with Crippen LogP contribution >= 0.6 is 0 Å². The van der Waals surface area contributed by atoms with Crippen molar-refractivity contribution in [1.29, 1.82) is 0 Å². The van der Waals surface area contributed by atoms with E-state index in [-0.39, 0.29) is 0 Å². The largest absolute Gasteiger partial charge is 0.496 e. The standard InChI is InChI=1S/2C15H21N5O/c2*1-19-5-7-20(8-6-19)11-3-4-14(21-2)12(9-11)13-10-17-18-15(13)16/h2*3-4,9-10H,5-8H2,1-2H3,(H3,16,17,18). The lowest BCUT2D eigenvalue weighted by atomic mass is 10.1. The minimum atomic E-state index is 0.559. The van der Waals surface area contributed by atoms with Gasteiger partial charge in [0, 0.05) is 86.0 Å². The average molecular weight is 575 g/mol. The third kappa shape index (κ3) is 6.39. The maximum absolute atomic E-state index is 5.95. The minimum absolute atomic E-state index is 0.559. The predicted octanol–water partition coefficient (Wildman–Crippen LogP) is 2.84. The number of hydrogen-bond acceptors (Lipinski definition) is 10. The van der Waals surface area contributed by atoms with Gasteiger partial charge in [0.2, 0.25) is 0 Å². The number of rotatable bonds is 6. The first-order valence-electron chi connectivity index (χ1n) is 14.2. The molecular formula is C30H42N10O2. The van der Waals surface area contributed by atoms with Crippen LogP contribution in [-0.4, -0.2) is 111 Å². The van der Waals surface area contributed by atoms with Crippen molar-refractivity contribution in [3.8, 4) is 33.8 Å². The van der Waals surface area contributed by atoms with Crippen LogP contribution in [0, 0.1) is 0 Å². The first-order chi connectivity index (χ1) is 20.4. The first kappa shape index (κ1) is 29.1. The molecule has 2 aromatic carbocycles. The molecule has 4 aromatic rings. The van der Waals surface area contributed by atoms with Gasteiger partial charge in [0.05, 0.1) is 26.6 Å². The topological polar surface area (TPSA) is 141 Å². The molecule has 12 nitrogen and oxygen atoms in total. The molecule has 2 aliphatic rings. The van der Waals surface area contributed by atoms with Crippen LogP contribution in [0.25, 0.3) is 22.3 Å². The van der Waals surface area contributed by atoms with E-state index in [4.69, 9.17) is 20.9 Å². The fourth-order valence-electron chi connectivity index (χ4n) is 5.36. The van der Waals surface area contributed by atoms with E-state index in [1.165, 1.54) is 11.4 Å². The Labute approximate surface area is 247 Å². The predicted molar refractivity (Wildman–Crippen MR) is 169 cm³/mol. The summed E-state index contributed by atoms with van der Waals surface area (Å²) < 4.78 is 10.9. The van der Waals surface area contributed by atoms with Gasteiger partial charge in [-0.3, -0.25) is 10.2 Å². The fourth-order valence-corrected chi connectivity index (χ4v) is 5.36. The van der Waals surface area contributed by atoms with E-state index in [2.05, 4.69) is 78.4 Å². The van der Waals surface area contributed by atoms with E-state index >= 15 is 0 Å². The summed E-state index contributed by atoms with van der Waals surface area (Å²) in [5, 5.41) is 13.5. The van der Waals surface area contributed by atoms with E-state index in [1.54, 1.807) is 26.6 Å². The zero-order valence-electron chi connectivity index (χ0n) is 24.9. The second-order valence-electron chi connectivity index (χ2n) is 10.7. The lowest BCUT2D eigenvalue weighted by Gasteiger charge is -2.34. The number of nitrogens with zero attached hydrogens (tertiary/aromatic N) is 6. The molecule has 0 bridgehead atoms. The zero-order chi connectivity index (χ0) is 29.6. The Bertz CT molecular complexity index is 1340. The highest BCUT2D eigenvalue weighted by molar-refractivity contribution is 5.81. The molecule has 0 unspecified atom stereocenters. The quantitative estimate of drug-likeness (QED) is 0.272. The lowest BCUT2D eigenvalue weighted by Crippen LogP contribution is -2.44. The molecule has 4 heterocycles. The molecule has 0 amide bonds. The summed E-state index contributed by atoms with van der Waals surface area (Å²) in [4.78, 5) is 9.46. The van der Waals surface area contributed by atoms with Crippen molar-refractivity contribution in [3.05, 3.63) is 48.8 Å². The molecule has 0 spiro atoms. The number of anilines is 4. The number of methoxy groups -OCH3 is 2. The van der Waals surface area contributed by atoms with E-state index < -0.39 is 0 Å². The van der Waals surface area contributed by atoms with Gasteiger partial charge in [-0.2, -0.15) is 10.2 Å². The summed E-state index contributed by atoms with van der Waals surface area (Å²) in [7, 11) is 7.65. The average Bonchev–Trinajstić information content (AvgIpc) is 3.65. The number of nitrogen functional groups attached to an aromatic ring is 2. The van der Waals surface area contributed by atoms with E-state index in [1.807, 2.05) is 12.1 Å². The number of nitrogens with two attached hydrogens (primary N) is 2. The molecule has 2 aromatic heterocycles. The van der Waals surface area contributed by atoms with Gasteiger partial charge in [0.1, 0.15) is 23.1 Å². The number of nitrogens with one attached hydrogen (secondary N) is 2. The summed E-state index contributed by atoms with van der Waals surface area (Å²) in [6, 6.07) is 12.5. The Morgan fingerprint density at radius 2 is 0.976 bits per heavy atom. The Kier molecular flexibility index (Phi) is 9.03. The van der Waals surface area contributed by atoms with Crippen molar-refractivity contribution in [2.75, 3.05) is 102 Å². The Morgan fingerprint density at radius 1 is 0.595 bits per heavy atom. The lowest BCUT2D eigenvalue weighted by molar-refractivity contribution is 0.313. The molecular weight excluding hydrogens is 532 g/mol. The van der Waals surface area contributed by atoms with E-state index in [0.717, 1.165) is 86.1 Å². The number of benzene rings is 2. The molecule has 224 valence electrons. The summed E-state index contributed by atoms with van der Waals surface area (Å²) >= 11 is 0. The van der Waals surface area contributed by atoms with Gasteiger partial charge in [-0.05, 0) is 50.5 Å². The molecule has 6 rings (SSSR count). The SMILES string of the molecule is COc1ccc(N2CCN(C)CC2)cc1-c1cn[nH]c1N.COc1ccc(N2CCN(C)CC2)cc1-c1cn[nH]c1N. The van der Waals surface area contributed by atoms with Gasteiger partial charge in [0.15, 0.2) is 0 Å². The van der Waals surface area contributed by atoms with Crippen molar-refractivity contribution in [2.45, 2.75) is 0 Å². The Balaban J connectivity index is 0.000000168. The zero-order valence-corrected chi connectivity index (χ0v) is 24.9. The third-order valence-electron chi connectivity index (χ3n) is 8.02. The Hall–Kier alpha value is -4.42. The van der Waals surface area contributed by atoms with E-state index in [9.17, 15) is 0 Å². The van der Waals surface area contributed by atoms with Crippen LogP contribution in [0.4, 0.5) is 23.0 Å². The molecule has 2 saturated heterocycles. The summed E-state index contributed by atoms with van der Waals surface area (Å²) in [6.07, 6.45) is 3.47. The van der Waals surface area contributed by atoms with Gasteiger partial charge >= 0.3 is 0 Å². The van der Waals surface area contributed by atoms with Crippen LogP contribution in [0.15, 0.2) is 48.8 Å². The van der Waals surface area contributed by atoms with Crippen LogP contribution in [0.2, 0.25) is 0 Å². The first-order valence-corrected chi connectivity index (χ1v) is 14.2. The normalized spacial score (nSPS) is 16.2. The second-order valence-corrected chi connectivity index (χ2v) is 10.7. The highest BCUT2D eigenvalue weighted by atomic mass is 16.5. The summed E-state index contributed by atoms with van der Waals surface area (Å²) in [6.45, 7) is 8.44. The molecule has 2 aliphatic heterocycles. The number of H-pyrrole nitrogens is 2. The van der Waals surface area contributed by atoms with Crippen LogP contribution in [0.1, 0.15) is 0 Å². The van der Waals surface area contributed by atoms with Crippen LogP contribution in [-0.2, 0) is 0 Å². The number of likely N-dealkylation sites (N-methyl/N-ethyl adjacent to an activating group) is 2. The van der Waals surface area contributed by atoms with Gasteiger partial charge in [-0.25, -0.2) is 0 Å². The van der Waals surface area contributed by atoms with Gasteiger partial charge in [0.25, 0.3) is 0 Å². The molecule has 0 saturated carbocycles. The molecule has 0 aliphatic carbocycles. The highest BCUT2D eigenvalue weighted by Crippen LogP contribution is 2.37. The fraction of sp³-hybridized carbons (Fsp3) is 0.400. The minimum Gasteiger partial charge on any atom is -0.496 e. The maximum atomic E-state index is 5.95. The van der Waals surface area contributed by atoms with Crippen molar-refractivity contribution < 1.29 is 9.47 Å². The van der Waals surface area contributed by atoms with E-state index in [0.29, 0.717) is 11.6 Å². The Morgan fingerprint density at radius 3 is 1.29 bits per heavy atom. The molecule has 2 fully saturated rings. The summed E-state index contributed by atoms with van der Waals surface area (Å²) in [5.74, 6) is 2.73. The highest BCUT2D eigenvalue weighted by Gasteiger charge is 2.19. The monoisotopic (exact) mass is 574 g/mol. The van der Waals surface area contributed by atoms with Crippen molar-refractivity contribution >= 4 is 23.0 Å². The van der Waals surface area contributed by atoms with Crippen LogP contribution in [0.5, 0.6) is 11.5 Å². The molecule has 6 N–H and O–H groups in total. The molecule has 0 radical (unpaired) electrons. The van der Waals surface area contributed by atoms with Crippen LogP contribution < -0.4 is 30.7 Å². The third-order valence-corrected chi connectivity index (χ3v) is 8.02. The van der Waals surface area contributed by atoms with Gasteiger partial charge < -0.3 is 40.5 Å². The number of piperazine rings is 2.